The molecule has 1 fully saturated rings. The zero-order chi connectivity index (χ0) is 19.8. The predicted octanol–water partition coefficient (Wildman–Crippen LogP) is 4.15. The fraction of sp³-hybridized carbons (Fsp3) is 0.429. The van der Waals surface area contributed by atoms with Gasteiger partial charge in [-0.25, -0.2) is 13.2 Å². The lowest BCUT2D eigenvalue weighted by atomic mass is 10.0. The van der Waals surface area contributed by atoms with Gasteiger partial charge in [-0.2, -0.15) is 0 Å². The monoisotopic (exact) mass is 401 g/mol. The minimum atomic E-state index is -3.30. The third-order valence-electron chi connectivity index (χ3n) is 5.08. The highest BCUT2D eigenvalue weighted by Gasteiger charge is 2.22. The number of hydrogen-bond acceptors (Lipinski definition) is 4. The van der Waals surface area contributed by atoms with E-state index in [4.69, 9.17) is 0 Å². The number of aromatic nitrogens is 1. The van der Waals surface area contributed by atoms with E-state index in [1.54, 1.807) is 36.7 Å². The summed E-state index contributed by atoms with van der Waals surface area (Å²) in [7, 11) is -3.30. The summed E-state index contributed by atoms with van der Waals surface area (Å²) >= 11 is 0. The standard InChI is InChI=1S/C21H27N3O3S/c25-21(23-15-18-8-5-13-22-14-18)24-19-9-11-20(12-10-19)28(26,27)16-17-6-3-1-2-4-7-17/h5,8-14,17H,1-4,6-7,15-16H2,(H2,23,24,25). The summed E-state index contributed by atoms with van der Waals surface area (Å²) in [5, 5.41) is 5.46. The van der Waals surface area contributed by atoms with Crippen molar-refractivity contribution >= 4 is 21.6 Å². The highest BCUT2D eigenvalue weighted by Crippen LogP contribution is 2.26. The van der Waals surface area contributed by atoms with E-state index in [-0.39, 0.29) is 17.7 Å². The van der Waals surface area contributed by atoms with Crippen molar-refractivity contribution in [3.05, 3.63) is 54.4 Å². The largest absolute Gasteiger partial charge is 0.334 e. The maximum atomic E-state index is 12.7. The Balaban J connectivity index is 1.54. The van der Waals surface area contributed by atoms with Crippen LogP contribution < -0.4 is 10.6 Å². The first-order valence-electron chi connectivity index (χ1n) is 9.79. The van der Waals surface area contributed by atoms with Crippen molar-refractivity contribution in [3.8, 4) is 0 Å². The summed E-state index contributed by atoms with van der Waals surface area (Å²) in [5.74, 6) is 0.467. The van der Waals surface area contributed by atoms with Gasteiger partial charge in [-0.15, -0.1) is 0 Å². The number of benzene rings is 1. The number of pyridine rings is 1. The number of nitrogens with one attached hydrogen (secondary N) is 2. The molecule has 0 aliphatic heterocycles. The number of hydrogen-bond donors (Lipinski definition) is 2. The number of carbonyl (C=O) groups excluding carboxylic acids is 1. The van der Waals surface area contributed by atoms with Gasteiger partial charge in [-0.05, 0) is 54.7 Å². The Morgan fingerprint density at radius 1 is 1.04 bits per heavy atom. The summed E-state index contributed by atoms with van der Waals surface area (Å²) in [5.41, 5.74) is 1.45. The second kappa shape index (κ2) is 9.68. The van der Waals surface area contributed by atoms with Gasteiger partial charge in [0.25, 0.3) is 0 Å². The zero-order valence-corrected chi connectivity index (χ0v) is 16.7. The normalized spacial score (nSPS) is 15.6. The predicted molar refractivity (Wildman–Crippen MR) is 110 cm³/mol. The van der Waals surface area contributed by atoms with Crippen molar-refractivity contribution in [2.75, 3.05) is 11.1 Å². The van der Waals surface area contributed by atoms with Crippen molar-refractivity contribution in [1.29, 1.82) is 0 Å². The Morgan fingerprint density at radius 3 is 2.39 bits per heavy atom. The van der Waals surface area contributed by atoms with Crippen molar-refractivity contribution in [3.63, 3.8) is 0 Å². The minimum Gasteiger partial charge on any atom is -0.334 e. The molecular formula is C21H27N3O3S. The van der Waals surface area contributed by atoms with Crippen LogP contribution in [-0.2, 0) is 16.4 Å². The van der Waals surface area contributed by atoms with Crippen LogP contribution in [-0.4, -0.2) is 25.2 Å². The van der Waals surface area contributed by atoms with E-state index < -0.39 is 9.84 Å². The van der Waals surface area contributed by atoms with E-state index in [1.807, 2.05) is 12.1 Å². The number of anilines is 1. The average molecular weight is 402 g/mol. The fourth-order valence-electron chi connectivity index (χ4n) is 3.54. The number of rotatable bonds is 6. The number of sulfone groups is 1. The van der Waals surface area contributed by atoms with Crippen LogP contribution in [0.5, 0.6) is 0 Å². The second-order valence-corrected chi connectivity index (χ2v) is 9.37. The summed E-state index contributed by atoms with van der Waals surface area (Å²) in [6, 6.07) is 9.74. The lowest BCUT2D eigenvalue weighted by Crippen LogP contribution is -2.28. The average Bonchev–Trinajstić information content (AvgIpc) is 2.96. The van der Waals surface area contributed by atoms with Crippen molar-refractivity contribution in [2.45, 2.75) is 50.0 Å². The number of nitrogens with zero attached hydrogens (tertiary/aromatic N) is 1. The number of amides is 2. The maximum Gasteiger partial charge on any atom is 0.319 e. The molecule has 1 aliphatic rings. The smallest absolute Gasteiger partial charge is 0.319 e. The molecule has 0 bridgehead atoms. The van der Waals surface area contributed by atoms with Crippen molar-refractivity contribution in [2.24, 2.45) is 5.92 Å². The summed E-state index contributed by atoms with van der Waals surface area (Å²) < 4.78 is 25.4. The molecule has 28 heavy (non-hydrogen) atoms. The maximum absolute atomic E-state index is 12.7. The number of urea groups is 1. The molecule has 0 atom stereocenters. The molecule has 0 radical (unpaired) electrons. The molecule has 1 aromatic carbocycles. The molecule has 7 heteroatoms. The van der Waals surface area contributed by atoms with Crippen LogP contribution >= 0.6 is 0 Å². The van der Waals surface area contributed by atoms with Gasteiger partial charge in [-0.3, -0.25) is 4.98 Å². The molecular weight excluding hydrogens is 374 g/mol. The van der Waals surface area contributed by atoms with Gasteiger partial charge in [-0.1, -0.05) is 31.7 Å². The van der Waals surface area contributed by atoms with E-state index in [0.29, 0.717) is 17.1 Å². The van der Waals surface area contributed by atoms with Crippen molar-refractivity contribution < 1.29 is 13.2 Å². The molecule has 1 aliphatic carbocycles. The van der Waals surface area contributed by atoms with E-state index in [0.717, 1.165) is 31.2 Å². The topological polar surface area (TPSA) is 88.2 Å². The highest BCUT2D eigenvalue weighted by molar-refractivity contribution is 7.91. The molecule has 1 saturated carbocycles. The molecule has 2 aromatic rings. The minimum absolute atomic E-state index is 0.214. The first-order chi connectivity index (χ1) is 13.5. The molecule has 6 nitrogen and oxygen atoms in total. The third kappa shape index (κ3) is 6.05. The Hall–Kier alpha value is -2.41. The Labute approximate surface area is 166 Å². The quantitative estimate of drug-likeness (QED) is 0.712. The van der Waals surface area contributed by atoms with Crippen LogP contribution in [0.1, 0.15) is 44.1 Å². The van der Waals surface area contributed by atoms with Gasteiger partial charge in [0.2, 0.25) is 0 Å². The molecule has 0 spiro atoms. The molecule has 3 rings (SSSR count). The van der Waals surface area contributed by atoms with Gasteiger partial charge < -0.3 is 10.6 Å². The van der Waals surface area contributed by atoms with Crippen LogP contribution in [0.25, 0.3) is 0 Å². The van der Waals surface area contributed by atoms with Crippen LogP contribution in [0.3, 0.4) is 0 Å². The van der Waals surface area contributed by atoms with E-state index in [9.17, 15) is 13.2 Å². The van der Waals surface area contributed by atoms with Crippen LogP contribution in [0.2, 0.25) is 0 Å². The molecule has 0 unspecified atom stereocenters. The van der Waals surface area contributed by atoms with E-state index in [1.165, 1.54) is 12.8 Å². The molecule has 2 N–H and O–H groups in total. The van der Waals surface area contributed by atoms with Crippen molar-refractivity contribution in [1.82, 2.24) is 10.3 Å². The number of carbonyl (C=O) groups is 1. The Bertz CT molecular complexity index is 860. The highest BCUT2D eigenvalue weighted by atomic mass is 32.2. The van der Waals surface area contributed by atoms with E-state index >= 15 is 0 Å². The van der Waals surface area contributed by atoms with Gasteiger partial charge in [0, 0.05) is 24.6 Å². The first-order valence-corrected chi connectivity index (χ1v) is 11.4. The summed E-state index contributed by atoms with van der Waals surface area (Å²) in [6.07, 6.45) is 10.0. The summed E-state index contributed by atoms with van der Waals surface area (Å²) in [6.45, 7) is 0.369. The lowest BCUT2D eigenvalue weighted by molar-refractivity contribution is 0.251. The van der Waals surface area contributed by atoms with Crippen LogP contribution in [0, 0.1) is 5.92 Å². The van der Waals surface area contributed by atoms with Gasteiger partial charge in [0.05, 0.1) is 10.6 Å². The molecule has 150 valence electrons. The Kier molecular flexibility index (Phi) is 7.03. The SMILES string of the molecule is O=C(NCc1cccnc1)Nc1ccc(S(=O)(=O)CC2CCCCCC2)cc1. The van der Waals surface area contributed by atoms with E-state index in [2.05, 4.69) is 15.6 Å². The second-order valence-electron chi connectivity index (χ2n) is 7.33. The fourth-order valence-corrected chi connectivity index (χ4v) is 5.24. The Morgan fingerprint density at radius 2 is 1.75 bits per heavy atom. The first kappa shape index (κ1) is 20.3. The third-order valence-corrected chi connectivity index (χ3v) is 6.98. The lowest BCUT2D eigenvalue weighted by Gasteiger charge is -2.14. The summed E-state index contributed by atoms with van der Waals surface area (Å²) in [4.78, 5) is 16.3. The zero-order valence-electron chi connectivity index (χ0n) is 15.9. The van der Waals surface area contributed by atoms with Gasteiger partial charge in [0.15, 0.2) is 9.84 Å². The van der Waals surface area contributed by atoms with Crippen LogP contribution in [0.4, 0.5) is 10.5 Å². The molecule has 1 heterocycles. The van der Waals surface area contributed by atoms with Gasteiger partial charge >= 0.3 is 6.03 Å². The van der Waals surface area contributed by atoms with Gasteiger partial charge in [0.1, 0.15) is 0 Å². The molecule has 1 aromatic heterocycles. The van der Waals surface area contributed by atoms with Crippen LogP contribution in [0.15, 0.2) is 53.7 Å². The molecule has 0 saturated heterocycles. The molecule has 2 amide bonds.